The van der Waals surface area contributed by atoms with Gasteiger partial charge in [-0.2, -0.15) is 0 Å². The van der Waals surface area contributed by atoms with Gasteiger partial charge in [0.2, 0.25) is 0 Å². The van der Waals surface area contributed by atoms with Gasteiger partial charge in [0.1, 0.15) is 17.1 Å². The van der Waals surface area contributed by atoms with Gasteiger partial charge in [0.15, 0.2) is 5.96 Å². The van der Waals surface area contributed by atoms with Crippen molar-refractivity contribution in [3.05, 3.63) is 23.7 Å². The van der Waals surface area contributed by atoms with E-state index in [1.807, 2.05) is 13.0 Å². The lowest BCUT2D eigenvalue weighted by Crippen LogP contribution is -2.50. The molecule has 0 aromatic carbocycles. The Morgan fingerprint density at radius 2 is 2.00 bits per heavy atom. The minimum Gasteiger partial charge on any atom is -0.463 e. The van der Waals surface area contributed by atoms with Crippen LogP contribution in [0.2, 0.25) is 0 Å². The molecule has 1 unspecified atom stereocenters. The van der Waals surface area contributed by atoms with Crippen LogP contribution >= 0.6 is 0 Å². The zero-order chi connectivity index (χ0) is 16.9. The molecule has 1 heterocycles. The number of nitrogens with zero attached hydrogens (tertiary/aromatic N) is 1. The van der Waals surface area contributed by atoms with Gasteiger partial charge in [-0.1, -0.05) is 19.3 Å². The average Bonchev–Trinajstić information content (AvgIpc) is 2.95. The molecule has 1 atom stereocenters. The first-order chi connectivity index (χ1) is 10.8. The van der Waals surface area contributed by atoms with E-state index in [2.05, 4.69) is 15.6 Å². The van der Waals surface area contributed by atoms with E-state index in [0.717, 1.165) is 31.4 Å². The maximum absolute atomic E-state index is 10.5. The SMILES string of the molecule is CN=C(NCC1(O)CCCCC1)NCC(C)(O)c1ccc(C)o1. The fraction of sp³-hybridized carbons (Fsp3) is 0.706. The quantitative estimate of drug-likeness (QED) is 0.489. The van der Waals surface area contributed by atoms with Crippen LogP contribution in [-0.2, 0) is 5.60 Å². The molecule has 0 bridgehead atoms. The number of hydrogen-bond donors (Lipinski definition) is 4. The normalized spacial score (nSPS) is 20.8. The van der Waals surface area contributed by atoms with Gasteiger partial charge in [0, 0.05) is 13.6 Å². The second kappa shape index (κ2) is 7.36. The van der Waals surface area contributed by atoms with Crippen molar-refractivity contribution in [2.45, 2.75) is 57.2 Å². The molecule has 6 heteroatoms. The topological polar surface area (TPSA) is 90.0 Å². The van der Waals surface area contributed by atoms with Crippen LogP contribution in [0.15, 0.2) is 21.5 Å². The molecule has 0 spiro atoms. The van der Waals surface area contributed by atoms with Crippen LogP contribution in [0.1, 0.15) is 50.5 Å². The Kier molecular flexibility index (Phi) is 5.70. The summed E-state index contributed by atoms with van der Waals surface area (Å²) >= 11 is 0. The van der Waals surface area contributed by atoms with Gasteiger partial charge < -0.3 is 25.3 Å². The lowest BCUT2D eigenvalue weighted by atomic mass is 9.85. The fourth-order valence-electron chi connectivity index (χ4n) is 2.92. The van der Waals surface area contributed by atoms with E-state index in [1.165, 1.54) is 6.42 Å². The van der Waals surface area contributed by atoms with Crippen LogP contribution in [0.25, 0.3) is 0 Å². The third-order valence-electron chi connectivity index (χ3n) is 4.46. The Morgan fingerprint density at radius 3 is 2.57 bits per heavy atom. The van der Waals surface area contributed by atoms with Gasteiger partial charge in [-0.15, -0.1) is 0 Å². The third-order valence-corrected chi connectivity index (χ3v) is 4.46. The Labute approximate surface area is 138 Å². The first kappa shape index (κ1) is 17.8. The Morgan fingerprint density at radius 1 is 1.30 bits per heavy atom. The molecule has 130 valence electrons. The smallest absolute Gasteiger partial charge is 0.191 e. The number of furan rings is 1. The Balaban J connectivity index is 1.85. The van der Waals surface area contributed by atoms with Crippen molar-refractivity contribution in [2.24, 2.45) is 4.99 Å². The van der Waals surface area contributed by atoms with Gasteiger partial charge in [-0.3, -0.25) is 4.99 Å². The molecule has 0 amide bonds. The van der Waals surface area contributed by atoms with Crippen molar-refractivity contribution in [1.29, 1.82) is 0 Å². The standard InChI is InChI=1S/C17H29N3O3/c1-13-7-8-14(23-13)16(2,21)11-19-15(18-3)20-12-17(22)9-5-4-6-10-17/h7-8,21-22H,4-6,9-12H2,1-3H3,(H2,18,19,20). The summed E-state index contributed by atoms with van der Waals surface area (Å²) in [5, 5.41) is 27.3. The number of aryl methyl sites for hydroxylation is 1. The number of rotatable bonds is 5. The van der Waals surface area contributed by atoms with Crippen LogP contribution in [0, 0.1) is 6.92 Å². The summed E-state index contributed by atoms with van der Waals surface area (Å²) in [7, 11) is 1.67. The molecule has 1 aromatic heterocycles. The number of guanidine groups is 1. The molecule has 0 aliphatic heterocycles. The predicted molar refractivity (Wildman–Crippen MR) is 90.4 cm³/mol. The second-order valence-electron chi connectivity index (χ2n) is 6.75. The highest BCUT2D eigenvalue weighted by Gasteiger charge is 2.30. The third kappa shape index (κ3) is 4.97. The molecule has 1 aromatic rings. The first-order valence-electron chi connectivity index (χ1n) is 8.31. The van der Waals surface area contributed by atoms with E-state index >= 15 is 0 Å². The lowest BCUT2D eigenvalue weighted by molar-refractivity contribution is 0.00832. The number of nitrogens with one attached hydrogen (secondary N) is 2. The summed E-state index contributed by atoms with van der Waals surface area (Å²) in [4.78, 5) is 4.15. The minimum absolute atomic E-state index is 0.262. The van der Waals surface area contributed by atoms with E-state index < -0.39 is 11.2 Å². The highest BCUT2D eigenvalue weighted by Crippen LogP contribution is 2.27. The number of aliphatic imine (C=N–C) groups is 1. The molecule has 6 nitrogen and oxygen atoms in total. The van der Waals surface area contributed by atoms with E-state index in [9.17, 15) is 10.2 Å². The molecule has 1 saturated carbocycles. The van der Waals surface area contributed by atoms with Crippen molar-refractivity contribution in [3.63, 3.8) is 0 Å². The van der Waals surface area contributed by atoms with Crippen LogP contribution < -0.4 is 10.6 Å². The fourth-order valence-corrected chi connectivity index (χ4v) is 2.92. The Hall–Kier alpha value is -1.53. The summed E-state index contributed by atoms with van der Waals surface area (Å²) in [5.41, 5.74) is -1.79. The zero-order valence-electron chi connectivity index (χ0n) is 14.4. The summed E-state index contributed by atoms with van der Waals surface area (Å²) in [5.74, 6) is 1.85. The highest BCUT2D eigenvalue weighted by atomic mass is 16.4. The minimum atomic E-state index is -1.13. The summed E-state index contributed by atoms with van der Waals surface area (Å²) in [6.45, 7) is 4.27. The van der Waals surface area contributed by atoms with Crippen LogP contribution in [-0.4, -0.2) is 41.9 Å². The monoisotopic (exact) mass is 323 g/mol. The number of aliphatic hydroxyl groups is 2. The van der Waals surface area contributed by atoms with E-state index in [-0.39, 0.29) is 6.54 Å². The second-order valence-corrected chi connectivity index (χ2v) is 6.75. The zero-order valence-corrected chi connectivity index (χ0v) is 14.4. The first-order valence-corrected chi connectivity index (χ1v) is 8.31. The van der Waals surface area contributed by atoms with Crippen LogP contribution in [0.4, 0.5) is 0 Å². The largest absolute Gasteiger partial charge is 0.463 e. The van der Waals surface area contributed by atoms with Crippen molar-refractivity contribution in [1.82, 2.24) is 10.6 Å². The molecule has 23 heavy (non-hydrogen) atoms. The average molecular weight is 323 g/mol. The van der Waals surface area contributed by atoms with Gasteiger partial charge in [-0.25, -0.2) is 0 Å². The molecule has 0 saturated heterocycles. The van der Waals surface area contributed by atoms with Gasteiger partial charge >= 0.3 is 0 Å². The van der Waals surface area contributed by atoms with E-state index in [4.69, 9.17) is 4.42 Å². The van der Waals surface area contributed by atoms with Crippen molar-refractivity contribution >= 4 is 5.96 Å². The lowest BCUT2D eigenvalue weighted by Gasteiger charge is -2.33. The molecule has 1 aliphatic carbocycles. The van der Waals surface area contributed by atoms with Crippen molar-refractivity contribution in [2.75, 3.05) is 20.1 Å². The predicted octanol–water partition coefficient (Wildman–Crippen LogP) is 1.66. The summed E-state index contributed by atoms with van der Waals surface area (Å²) in [6.07, 6.45) is 4.97. The molecule has 4 N–H and O–H groups in total. The molecule has 1 fully saturated rings. The van der Waals surface area contributed by atoms with E-state index in [0.29, 0.717) is 18.3 Å². The maximum Gasteiger partial charge on any atom is 0.191 e. The highest BCUT2D eigenvalue weighted by molar-refractivity contribution is 5.79. The van der Waals surface area contributed by atoms with Crippen molar-refractivity contribution in [3.8, 4) is 0 Å². The molecule has 2 rings (SSSR count). The van der Waals surface area contributed by atoms with Gasteiger partial charge in [0.05, 0.1) is 12.1 Å². The number of hydrogen-bond acceptors (Lipinski definition) is 4. The van der Waals surface area contributed by atoms with Crippen molar-refractivity contribution < 1.29 is 14.6 Å². The molecule has 1 aliphatic rings. The summed E-state index contributed by atoms with van der Waals surface area (Å²) < 4.78 is 5.50. The van der Waals surface area contributed by atoms with Gasteiger partial charge in [0.25, 0.3) is 0 Å². The van der Waals surface area contributed by atoms with Crippen LogP contribution in [0.3, 0.4) is 0 Å². The maximum atomic E-state index is 10.5. The van der Waals surface area contributed by atoms with Gasteiger partial charge in [-0.05, 0) is 38.8 Å². The Bertz CT molecular complexity index is 531. The van der Waals surface area contributed by atoms with Crippen LogP contribution in [0.5, 0.6) is 0 Å². The van der Waals surface area contributed by atoms with E-state index in [1.54, 1.807) is 20.0 Å². The summed E-state index contributed by atoms with van der Waals surface area (Å²) in [6, 6.07) is 3.60. The molecular formula is C17H29N3O3. The molecule has 0 radical (unpaired) electrons. The molecular weight excluding hydrogens is 294 g/mol.